The van der Waals surface area contributed by atoms with Crippen LogP contribution in [0.2, 0.25) is 0 Å². The molecule has 4 rings (SSSR count). The molecule has 1 unspecified atom stereocenters. The lowest BCUT2D eigenvalue weighted by Crippen LogP contribution is -2.41. The molecule has 3 aromatic rings. The van der Waals surface area contributed by atoms with Crippen LogP contribution < -0.4 is 10.6 Å². The molecule has 9 nitrogen and oxygen atoms in total. The van der Waals surface area contributed by atoms with Crippen molar-refractivity contribution in [3.05, 3.63) is 113 Å². The number of nitrogens with zero attached hydrogens (tertiary/aromatic N) is 2. The third kappa shape index (κ3) is 4.83. The number of carbonyl (C=O) groups is 3. The molecule has 0 radical (unpaired) electrons. The molecule has 1 heterocycles. The molecule has 0 saturated heterocycles. The molecule has 0 bridgehead atoms. The van der Waals surface area contributed by atoms with Gasteiger partial charge in [-0.1, -0.05) is 60.7 Å². The first kappa shape index (κ1) is 26.7. The minimum atomic E-state index is -0.972. The summed E-state index contributed by atoms with van der Waals surface area (Å²) >= 11 is 0. The number of benzene rings is 3. The number of nitriles is 1. The van der Waals surface area contributed by atoms with E-state index < -0.39 is 23.8 Å². The monoisotopic (exact) mass is 523 g/mol. The van der Waals surface area contributed by atoms with Gasteiger partial charge in [0.1, 0.15) is 11.5 Å². The van der Waals surface area contributed by atoms with Gasteiger partial charge < -0.3 is 19.9 Å². The summed E-state index contributed by atoms with van der Waals surface area (Å²) in [6.07, 6.45) is 0. The Morgan fingerprint density at radius 3 is 1.97 bits per heavy atom. The molecule has 1 aliphatic heterocycles. The van der Waals surface area contributed by atoms with E-state index in [-0.39, 0.29) is 22.7 Å². The summed E-state index contributed by atoms with van der Waals surface area (Å²) in [4.78, 5) is 39.9. The summed E-state index contributed by atoms with van der Waals surface area (Å²) in [5.41, 5.74) is 9.06. The molecule has 0 fully saturated rings. The van der Waals surface area contributed by atoms with Crippen LogP contribution in [0.5, 0.6) is 0 Å². The quantitative estimate of drug-likeness (QED) is 0.375. The summed E-state index contributed by atoms with van der Waals surface area (Å²) in [5, 5.41) is 10.3. The maximum atomic E-state index is 13.4. The first-order valence-electron chi connectivity index (χ1n) is 11.8. The van der Waals surface area contributed by atoms with Crippen molar-refractivity contribution in [2.24, 2.45) is 5.73 Å². The fourth-order valence-corrected chi connectivity index (χ4v) is 4.58. The fourth-order valence-electron chi connectivity index (χ4n) is 4.58. The lowest BCUT2D eigenvalue weighted by Gasteiger charge is -2.36. The highest BCUT2D eigenvalue weighted by Crippen LogP contribution is 2.45. The maximum absolute atomic E-state index is 13.4. The average Bonchev–Trinajstić information content (AvgIpc) is 2.99. The Kier molecular flexibility index (Phi) is 7.77. The van der Waals surface area contributed by atoms with E-state index in [1.807, 2.05) is 0 Å². The van der Waals surface area contributed by atoms with Crippen molar-refractivity contribution >= 4 is 23.6 Å². The van der Waals surface area contributed by atoms with Gasteiger partial charge >= 0.3 is 17.9 Å². The number of esters is 3. The van der Waals surface area contributed by atoms with Gasteiger partial charge in [-0.25, -0.2) is 14.4 Å². The third-order valence-electron chi connectivity index (χ3n) is 6.37. The smallest absolute Gasteiger partial charge is 0.355 e. The Morgan fingerprint density at radius 2 is 1.38 bits per heavy atom. The van der Waals surface area contributed by atoms with Crippen LogP contribution in [0, 0.1) is 11.3 Å². The van der Waals surface area contributed by atoms with Crippen molar-refractivity contribution in [1.29, 1.82) is 5.26 Å². The molecule has 1 aliphatic rings. The standard InChI is InChI=1S/C30H25N3O6/c1-37-28(34)20-15-13-18(14-16-20)21-11-7-8-12-23(21)33-26(30(36)39-3)25(29(35)38-2)24(22(17-31)27(33)32)19-9-5-4-6-10-19/h4-16,24H,32H2,1-3H3. The number of para-hydroxylation sites is 1. The Balaban J connectivity index is 2.02. The summed E-state index contributed by atoms with van der Waals surface area (Å²) in [6, 6.07) is 24.6. The third-order valence-corrected chi connectivity index (χ3v) is 6.37. The van der Waals surface area contributed by atoms with Crippen LogP contribution >= 0.6 is 0 Å². The Morgan fingerprint density at radius 1 is 0.795 bits per heavy atom. The summed E-state index contributed by atoms with van der Waals surface area (Å²) < 4.78 is 15.0. The van der Waals surface area contributed by atoms with Crippen LogP contribution in [0.15, 0.2) is 102 Å². The molecule has 0 spiro atoms. The molecule has 0 amide bonds. The molecule has 2 N–H and O–H groups in total. The number of carbonyl (C=O) groups excluding carboxylic acids is 3. The van der Waals surface area contributed by atoms with Crippen LogP contribution in [0.3, 0.4) is 0 Å². The number of hydrogen-bond donors (Lipinski definition) is 1. The van der Waals surface area contributed by atoms with Crippen LogP contribution in [0.1, 0.15) is 21.8 Å². The first-order valence-corrected chi connectivity index (χ1v) is 11.8. The molecular formula is C30H25N3O6. The Labute approximate surface area is 225 Å². The van der Waals surface area contributed by atoms with Crippen molar-refractivity contribution in [2.75, 3.05) is 26.2 Å². The average molecular weight is 524 g/mol. The lowest BCUT2D eigenvalue weighted by molar-refractivity contribution is -0.139. The second kappa shape index (κ2) is 11.4. The van der Waals surface area contributed by atoms with Crippen LogP contribution in [0.4, 0.5) is 5.69 Å². The van der Waals surface area contributed by atoms with Gasteiger partial charge in [-0.15, -0.1) is 0 Å². The van der Waals surface area contributed by atoms with Crippen LogP contribution in [0.25, 0.3) is 11.1 Å². The van der Waals surface area contributed by atoms with Crippen molar-refractivity contribution < 1.29 is 28.6 Å². The molecule has 9 heteroatoms. The van der Waals surface area contributed by atoms with E-state index in [4.69, 9.17) is 19.9 Å². The normalized spacial score (nSPS) is 14.9. The molecule has 1 atom stereocenters. The van der Waals surface area contributed by atoms with E-state index in [9.17, 15) is 19.6 Å². The fraction of sp³-hybridized carbons (Fsp3) is 0.133. The molecule has 0 saturated carbocycles. The van der Waals surface area contributed by atoms with Gasteiger partial charge in [-0.05, 0) is 29.3 Å². The summed E-state index contributed by atoms with van der Waals surface area (Å²) in [6.45, 7) is 0. The zero-order valence-corrected chi connectivity index (χ0v) is 21.5. The summed E-state index contributed by atoms with van der Waals surface area (Å²) in [5.74, 6) is -3.15. The van der Waals surface area contributed by atoms with E-state index in [2.05, 4.69) is 6.07 Å². The van der Waals surface area contributed by atoms with Crippen molar-refractivity contribution in [3.8, 4) is 17.2 Å². The van der Waals surface area contributed by atoms with Gasteiger partial charge in [-0.2, -0.15) is 5.26 Å². The SMILES string of the molecule is COC(=O)C1=C(C(=O)OC)N(c2ccccc2-c2ccc(C(=O)OC)cc2)C(N)=C(C#N)C1c1ccccc1. The van der Waals surface area contributed by atoms with Gasteiger partial charge in [0.25, 0.3) is 0 Å². The number of ether oxygens (including phenoxy) is 3. The largest absolute Gasteiger partial charge is 0.466 e. The molecule has 0 aliphatic carbocycles. The number of anilines is 1. The minimum absolute atomic E-state index is 0.0435. The predicted octanol–water partition coefficient (Wildman–Crippen LogP) is 4.04. The highest BCUT2D eigenvalue weighted by atomic mass is 16.5. The number of allylic oxidation sites excluding steroid dienone is 1. The molecule has 196 valence electrons. The lowest BCUT2D eigenvalue weighted by atomic mass is 9.80. The number of methoxy groups -OCH3 is 3. The molecule has 39 heavy (non-hydrogen) atoms. The van der Waals surface area contributed by atoms with Crippen molar-refractivity contribution in [1.82, 2.24) is 0 Å². The maximum Gasteiger partial charge on any atom is 0.355 e. The highest BCUT2D eigenvalue weighted by Gasteiger charge is 2.43. The number of hydrogen-bond acceptors (Lipinski definition) is 9. The van der Waals surface area contributed by atoms with Crippen LogP contribution in [-0.4, -0.2) is 39.2 Å². The van der Waals surface area contributed by atoms with E-state index in [0.29, 0.717) is 27.9 Å². The van der Waals surface area contributed by atoms with Gasteiger partial charge in [0.2, 0.25) is 0 Å². The Bertz CT molecular complexity index is 1530. The van der Waals surface area contributed by atoms with Gasteiger partial charge in [0.15, 0.2) is 0 Å². The zero-order chi connectivity index (χ0) is 28.1. The van der Waals surface area contributed by atoms with Gasteiger partial charge in [0.05, 0.1) is 55.7 Å². The number of rotatable bonds is 6. The molecule has 3 aromatic carbocycles. The summed E-state index contributed by atoms with van der Waals surface area (Å²) in [7, 11) is 3.68. The molecule has 0 aromatic heterocycles. The van der Waals surface area contributed by atoms with E-state index >= 15 is 0 Å². The number of nitrogens with two attached hydrogens (primary N) is 1. The minimum Gasteiger partial charge on any atom is -0.466 e. The van der Waals surface area contributed by atoms with Crippen molar-refractivity contribution in [3.63, 3.8) is 0 Å². The molecular weight excluding hydrogens is 498 g/mol. The first-order chi connectivity index (χ1) is 18.9. The zero-order valence-electron chi connectivity index (χ0n) is 21.5. The van der Waals surface area contributed by atoms with Gasteiger partial charge in [0, 0.05) is 5.56 Å². The van der Waals surface area contributed by atoms with Gasteiger partial charge in [-0.3, -0.25) is 4.90 Å². The topological polar surface area (TPSA) is 132 Å². The van der Waals surface area contributed by atoms with Crippen LogP contribution in [-0.2, 0) is 23.8 Å². The van der Waals surface area contributed by atoms with E-state index in [0.717, 1.165) is 0 Å². The highest BCUT2D eigenvalue weighted by molar-refractivity contribution is 6.07. The van der Waals surface area contributed by atoms with E-state index in [1.165, 1.54) is 26.2 Å². The van der Waals surface area contributed by atoms with Crippen molar-refractivity contribution in [2.45, 2.75) is 5.92 Å². The second-order valence-corrected chi connectivity index (χ2v) is 8.42. The second-order valence-electron chi connectivity index (χ2n) is 8.42. The predicted molar refractivity (Wildman–Crippen MR) is 143 cm³/mol. The van der Waals surface area contributed by atoms with E-state index in [1.54, 1.807) is 78.9 Å². The Hall–Kier alpha value is -5.36.